The van der Waals surface area contributed by atoms with E-state index in [-0.39, 0.29) is 17.7 Å². The molecule has 2 heterocycles. The minimum absolute atomic E-state index is 0.0215. The Balaban J connectivity index is 1.72. The van der Waals surface area contributed by atoms with Gasteiger partial charge in [0, 0.05) is 6.04 Å². The topological polar surface area (TPSA) is 81.2 Å². The third-order valence-electron chi connectivity index (χ3n) is 3.11. The van der Waals surface area contributed by atoms with Crippen LogP contribution in [0.15, 0.2) is 32.5 Å². The van der Waals surface area contributed by atoms with Crippen LogP contribution in [-0.4, -0.2) is 27.9 Å². The Morgan fingerprint density at radius 1 is 1.41 bits per heavy atom. The first-order valence-corrected chi connectivity index (χ1v) is 8.47. The van der Waals surface area contributed by atoms with Crippen molar-refractivity contribution in [1.82, 2.24) is 15.5 Å². The summed E-state index contributed by atoms with van der Waals surface area (Å²) in [6.45, 7) is 4.20. The Hall–Kier alpha value is -1.76. The van der Waals surface area contributed by atoms with Crippen LogP contribution in [0.3, 0.4) is 0 Å². The first kappa shape index (κ1) is 16.6. The van der Waals surface area contributed by atoms with E-state index in [1.54, 1.807) is 18.4 Å². The molecule has 2 rings (SSSR count). The number of amides is 1. The lowest BCUT2D eigenvalue weighted by molar-refractivity contribution is -0.119. The molecule has 0 bridgehead atoms. The zero-order valence-electron chi connectivity index (χ0n) is 12.9. The predicted molar refractivity (Wildman–Crippen MR) is 84.5 cm³/mol. The molecule has 7 heteroatoms. The Kier molecular flexibility index (Phi) is 6.51. The van der Waals surface area contributed by atoms with Gasteiger partial charge in [-0.25, -0.2) is 0 Å². The van der Waals surface area contributed by atoms with Crippen molar-refractivity contribution in [3.05, 3.63) is 18.4 Å². The van der Waals surface area contributed by atoms with Crippen LogP contribution < -0.4 is 5.32 Å². The largest absolute Gasteiger partial charge is 0.459 e. The van der Waals surface area contributed by atoms with Crippen molar-refractivity contribution >= 4 is 17.7 Å². The molecule has 22 heavy (non-hydrogen) atoms. The number of thioether (sulfide) groups is 1. The number of rotatable bonds is 9. The second-order valence-electron chi connectivity index (χ2n) is 5.10. The van der Waals surface area contributed by atoms with E-state index in [2.05, 4.69) is 22.4 Å². The highest BCUT2D eigenvalue weighted by molar-refractivity contribution is 7.99. The third-order valence-corrected chi connectivity index (χ3v) is 3.93. The van der Waals surface area contributed by atoms with Gasteiger partial charge < -0.3 is 14.2 Å². The number of nitrogens with one attached hydrogen (secondary N) is 1. The zero-order chi connectivity index (χ0) is 15.8. The molecule has 1 amide bonds. The van der Waals surface area contributed by atoms with Crippen LogP contribution in [0.5, 0.6) is 0 Å². The van der Waals surface area contributed by atoms with Gasteiger partial charge in [0.2, 0.25) is 5.91 Å². The Morgan fingerprint density at radius 3 is 3.00 bits per heavy atom. The summed E-state index contributed by atoms with van der Waals surface area (Å²) in [5.41, 5.74) is 0. The minimum atomic E-state index is -0.0215. The van der Waals surface area contributed by atoms with Crippen molar-refractivity contribution in [2.24, 2.45) is 0 Å². The van der Waals surface area contributed by atoms with E-state index >= 15 is 0 Å². The molecular formula is C15H21N3O3S. The van der Waals surface area contributed by atoms with Gasteiger partial charge in [-0.1, -0.05) is 37.9 Å². The summed E-state index contributed by atoms with van der Waals surface area (Å²) in [4.78, 5) is 11.9. The summed E-state index contributed by atoms with van der Waals surface area (Å²) in [7, 11) is 0. The third kappa shape index (κ3) is 5.22. The van der Waals surface area contributed by atoms with Crippen LogP contribution in [0.2, 0.25) is 0 Å². The number of furan rings is 1. The molecule has 0 unspecified atom stereocenters. The van der Waals surface area contributed by atoms with Crippen LogP contribution in [0.25, 0.3) is 11.7 Å². The number of carbonyl (C=O) groups is 1. The molecule has 0 aliphatic heterocycles. The lowest BCUT2D eigenvalue weighted by atomic mass is 10.1. The molecule has 0 saturated carbocycles. The summed E-state index contributed by atoms with van der Waals surface area (Å²) < 4.78 is 10.6. The molecule has 120 valence electrons. The van der Waals surface area contributed by atoms with Crippen molar-refractivity contribution in [2.45, 2.75) is 50.8 Å². The molecule has 6 nitrogen and oxygen atoms in total. The van der Waals surface area contributed by atoms with E-state index < -0.39 is 0 Å². The highest BCUT2D eigenvalue weighted by Crippen LogP contribution is 2.23. The molecule has 1 atom stereocenters. The fourth-order valence-corrected chi connectivity index (χ4v) is 2.56. The van der Waals surface area contributed by atoms with Crippen molar-refractivity contribution < 1.29 is 13.6 Å². The molecule has 1 N–H and O–H groups in total. The van der Waals surface area contributed by atoms with E-state index in [4.69, 9.17) is 8.83 Å². The van der Waals surface area contributed by atoms with Gasteiger partial charge >= 0.3 is 0 Å². The highest BCUT2D eigenvalue weighted by atomic mass is 32.2. The molecule has 0 aromatic carbocycles. The summed E-state index contributed by atoms with van der Waals surface area (Å²) in [5, 5.41) is 11.1. The molecule has 0 aliphatic rings. The van der Waals surface area contributed by atoms with Crippen LogP contribution in [-0.2, 0) is 4.79 Å². The normalized spacial score (nSPS) is 12.3. The first-order chi connectivity index (χ1) is 10.7. The lowest BCUT2D eigenvalue weighted by Gasteiger charge is -2.12. The molecule has 2 aromatic heterocycles. The number of hydrogen-bond donors (Lipinski definition) is 1. The maximum atomic E-state index is 11.9. The molecule has 0 aliphatic carbocycles. The Bertz CT molecular complexity index is 568. The maximum absolute atomic E-state index is 11.9. The summed E-state index contributed by atoms with van der Waals surface area (Å²) in [6, 6.07) is 3.69. The lowest BCUT2D eigenvalue weighted by Crippen LogP contribution is -2.33. The quantitative estimate of drug-likeness (QED) is 0.562. The first-order valence-electron chi connectivity index (χ1n) is 7.48. The smallest absolute Gasteiger partial charge is 0.284 e. The van der Waals surface area contributed by atoms with Crippen molar-refractivity contribution in [3.63, 3.8) is 0 Å². The van der Waals surface area contributed by atoms with Crippen LogP contribution in [0, 0.1) is 0 Å². The monoisotopic (exact) mass is 323 g/mol. The van der Waals surface area contributed by atoms with Crippen molar-refractivity contribution in [1.29, 1.82) is 0 Å². The van der Waals surface area contributed by atoms with Crippen molar-refractivity contribution in [3.8, 4) is 11.7 Å². The molecule has 2 aromatic rings. The second-order valence-corrected chi connectivity index (χ2v) is 6.03. The second kappa shape index (κ2) is 8.63. The van der Waals surface area contributed by atoms with E-state index in [1.807, 2.05) is 6.92 Å². The average Bonchev–Trinajstić information content (AvgIpc) is 3.16. The predicted octanol–water partition coefficient (Wildman–Crippen LogP) is 3.51. The van der Waals surface area contributed by atoms with Crippen LogP contribution >= 0.6 is 11.8 Å². The van der Waals surface area contributed by atoms with E-state index in [0.717, 1.165) is 12.8 Å². The molecule has 0 fully saturated rings. The van der Waals surface area contributed by atoms with Gasteiger partial charge in [-0.2, -0.15) is 0 Å². The number of nitrogens with zero attached hydrogens (tertiary/aromatic N) is 2. The maximum Gasteiger partial charge on any atom is 0.284 e. The van der Waals surface area contributed by atoms with Gasteiger partial charge in [0.15, 0.2) is 5.76 Å². The number of unbranched alkanes of at least 4 members (excludes halogenated alkanes) is 2. The summed E-state index contributed by atoms with van der Waals surface area (Å²) in [5.74, 6) is 1.08. The molecule has 0 radical (unpaired) electrons. The van der Waals surface area contributed by atoms with Gasteiger partial charge in [0.05, 0.1) is 12.0 Å². The van der Waals surface area contributed by atoms with Gasteiger partial charge in [-0.05, 0) is 25.5 Å². The Labute approximate surface area is 134 Å². The van der Waals surface area contributed by atoms with E-state index in [0.29, 0.717) is 16.9 Å². The highest BCUT2D eigenvalue weighted by Gasteiger charge is 2.13. The minimum Gasteiger partial charge on any atom is -0.459 e. The van der Waals surface area contributed by atoms with Gasteiger partial charge in [-0.3, -0.25) is 4.79 Å². The van der Waals surface area contributed by atoms with Crippen molar-refractivity contribution in [2.75, 3.05) is 5.75 Å². The fourth-order valence-electron chi connectivity index (χ4n) is 1.98. The number of hydrogen-bond acceptors (Lipinski definition) is 6. The van der Waals surface area contributed by atoms with Crippen LogP contribution in [0.1, 0.15) is 39.5 Å². The molecule has 0 saturated heterocycles. The molecule has 0 spiro atoms. The van der Waals surface area contributed by atoms with Gasteiger partial charge in [0.1, 0.15) is 0 Å². The standard InChI is InChI=1S/C15H21N3O3S/c1-3-4-5-7-11(2)16-13(19)10-22-15-18-17-14(21-15)12-8-6-9-20-12/h6,8-9,11H,3-5,7,10H2,1-2H3,(H,16,19)/t11-/m1/s1. The van der Waals surface area contributed by atoms with E-state index in [1.165, 1.54) is 24.6 Å². The number of aromatic nitrogens is 2. The zero-order valence-corrected chi connectivity index (χ0v) is 13.7. The van der Waals surface area contributed by atoms with E-state index in [9.17, 15) is 4.79 Å². The average molecular weight is 323 g/mol. The SMILES string of the molecule is CCCCC[C@@H](C)NC(=O)CSc1nnc(-c2ccco2)o1. The van der Waals surface area contributed by atoms with Gasteiger partial charge in [0.25, 0.3) is 11.1 Å². The molecular weight excluding hydrogens is 302 g/mol. The Morgan fingerprint density at radius 2 is 2.27 bits per heavy atom. The summed E-state index contributed by atoms with van der Waals surface area (Å²) in [6.07, 6.45) is 6.08. The van der Waals surface area contributed by atoms with Crippen LogP contribution in [0.4, 0.5) is 0 Å². The van der Waals surface area contributed by atoms with Gasteiger partial charge in [-0.15, -0.1) is 10.2 Å². The summed E-state index contributed by atoms with van der Waals surface area (Å²) >= 11 is 1.22. The fraction of sp³-hybridized carbons (Fsp3) is 0.533. The number of carbonyl (C=O) groups excluding carboxylic acids is 1.